The van der Waals surface area contributed by atoms with Gasteiger partial charge in [-0.3, -0.25) is 4.79 Å². The van der Waals surface area contributed by atoms with Crippen LogP contribution >= 0.6 is 0 Å². The highest BCUT2D eigenvalue weighted by molar-refractivity contribution is 5.78. The van der Waals surface area contributed by atoms with E-state index in [4.69, 9.17) is 0 Å². The Morgan fingerprint density at radius 3 is 2.05 bits per heavy atom. The van der Waals surface area contributed by atoms with Gasteiger partial charge in [0.2, 0.25) is 0 Å². The van der Waals surface area contributed by atoms with Gasteiger partial charge in [0.05, 0.1) is 5.60 Å². The first-order chi connectivity index (χ1) is 18.6. The minimum Gasteiger partial charge on any atom is -0.390 e. The van der Waals surface area contributed by atoms with Crippen LogP contribution in [-0.2, 0) is 23.1 Å². The summed E-state index contributed by atoms with van der Waals surface area (Å²) < 4.78 is 14.7. The molecular weight excluding hydrogens is 483 g/mol. The average Bonchev–Trinajstić information content (AvgIpc) is 2.91. The van der Waals surface area contributed by atoms with E-state index in [2.05, 4.69) is 64.1 Å². The van der Waals surface area contributed by atoms with Crippen molar-refractivity contribution in [2.75, 3.05) is 0 Å². The van der Waals surface area contributed by atoms with Gasteiger partial charge in [0, 0.05) is 11.8 Å². The van der Waals surface area contributed by atoms with Crippen LogP contribution in [0.3, 0.4) is 0 Å². The summed E-state index contributed by atoms with van der Waals surface area (Å²) in [6.45, 7) is 10.3. The van der Waals surface area contributed by atoms with E-state index in [1.54, 1.807) is 12.1 Å². The van der Waals surface area contributed by atoms with Crippen molar-refractivity contribution in [2.45, 2.75) is 110 Å². The van der Waals surface area contributed by atoms with E-state index in [0.717, 1.165) is 68.1 Å². The monoisotopic (exact) mass is 528 g/mol. The molecule has 0 amide bonds. The minimum atomic E-state index is -0.490. The first-order valence-electron chi connectivity index (χ1n) is 14.8. The van der Waals surface area contributed by atoms with Crippen LogP contribution in [0, 0.1) is 19.7 Å². The molecule has 1 saturated carbocycles. The quantitative estimate of drug-likeness (QED) is 0.285. The maximum Gasteiger partial charge on any atom is 0.134 e. The first kappa shape index (κ1) is 29.2. The molecule has 1 fully saturated rings. The Labute approximate surface area is 234 Å². The molecule has 0 heterocycles. The molecule has 208 valence electrons. The molecule has 1 aliphatic rings. The van der Waals surface area contributed by atoms with Gasteiger partial charge in [0.25, 0.3) is 0 Å². The number of Topliss-reactive ketones (excluding diaryl/α,β-unsaturated/α-hetero) is 1. The molecule has 3 heteroatoms. The summed E-state index contributed by atoms with van der Waals surface area (Å²) in [5.41, 5.74) is 8.06. The molecule has 1 aliphatic carbocycles. The first-order valence-corrected chi connectivity index (χ1v) is 14.8. The number of hydrogen-bond donors (Lipinski definition) is 1. The molecule has 3 aromatic rings. The van der Waals surface area contributed by atoms with Gasteiger partial charge in [0.1, 0.15) is 11.6 Å². The number of ketones is 1. The lowest BCUT2D eigenvalue weighted by molar-refractivity contribution is -0.116. The number of carbonyl (C=O) groups excluding carboxylic acids is 1. The van der Waals surface area contributed by atoms with Crippen LogP contribution < -0.4 is 0 Å². The van der Waals surface area contributed by atoms with Crippen molar-refractivity contribution >= 4 is 5.78 Å². The van der Waals surface area contributed by atoms with Gasteiger partial charge in [-0.15, -0.1) is 0 Å². The Kier molecular flexibility index (Phi) is 9.11. The second-order valence-electron chi connectivity index (χ2n) is 11.9. The Bertz CT molecular complexity index is 1310. The molecule has 0 unspecified atom stereocenters. The highest BCUT2D eigenvalue weighted by Crippen LogP contribution is 2.41. The SMILES string of the molecule is CCC(CC)(c1ccc(CCC2(O)CCCCC2)c(C)c1)c1ccc(-c2ccc(CC(C)=O)c(F)c2)c(C)c1. The molecule has 0 aliphatic heterocycles. The molecule has 0 aromatic heterocycles. The van der Waals surface area contributed by atoms with Gasteiger partial charge < -0.3 is 5.11 Å². The number of benzene rings is 3. The highest BCUT2D eigenvalue weighted by Gasteiger charge is 2.32. The van der Waals surface area contributed by atoms with Crippen LogP contribution in [0.15, 0.2) is 54.6 Å². The molecule has 0 bridgehead atoms. The normalized spacial score (nSPS) is 15.4. The summed E-state index contributed by atoms with van der Waals surface area (Å²) in [4.78, 5) is 11.5. The fourth-order valence-electron chi connectivity index (χ4n) is 6.75. The van der Waals surface area contributed by atoms with Crippen LogP contribution in [0.2, 0.25) is 0 Å². The highest BCUT2D eigenvalue weighted by atomic mass is 19.1. The number of halogens is 1. The van der Waals surface area contributed by atoms with Crippen molar-refractivity contribution in [1.29, 1.82) is 0 Å². The Morgan fingerprint density at radius 1 is 0.872 bits per heavy atom. The Morgan fingerprint density at radius 2 is 1.49 bits per heavy atom. The van der Waals surface area contributed by atoms with E-state index < -0.39 is 5.60 Å². The molecule has 1 N–H and O–H groups in total. The number of carbonyl (C=O) groups is 1. The third kappa shape index (κ3) is 6.35. The summed E-state index contributed by atoms with van der Waals surface area (Å²) in [5, 5.41) is 11.0. The lowest BCUT2D eigenvalue weighted by Crippen LogP contribution is -2.31. The smallest absolute Gasteiger partial charge is 0.134 e. The van der Waals surface area contributed by atoms with Crippen molar-refractivity contribution in [3.63, 3.8) is 0 Å². The van der Waals surface area contributed by atoms with E-state index in [9.17, 15) is 14.3 Å². The number of aliphatic hydroxyl groups is 1. The largest absolute Gasteiger partial charge is 0.390 e. The van der Waals surface area contributed by atoms with E-state index in [0.29, 0.717) is 5.56 Å². The van der Waals surface area contributed by atoms with Crippen molar-refractivity contribution < 1.29 is 14.3 Å². The van der Waals surface area contributed by atoms with Crippen molar-refractivity contribution in [3.05, 3.63) is 93.8 Å². The summed E-state index contributed by atoms with van der Waals surface area (Å²) in [6, 6.07) is 18.7. The molecular formula is C36H45FO2. The van der Waals surface area contributed by atoms with Gasteiger partial charge in [-0.25, -0.2) is 4.39 Å². The lowest BCUT2D eigenvalue weighted by Gasteiger charge is -2.35. The molecule has 0 spiro atoms. The van der Waals surface area contributed by atoms with Crippen LogP contribution in [0.25, 0.3) is 11.1 Å². The van der Waals surface area contributed by atoms with E-state index in [1.807, 2.05) is 6.07 Å². The van der Waals surface area contributed by atoms with Gasteiger partial charge in [-0.1, -0.05) is 81.6 Å². The maximum absolute atomic E-state index is 14.7. The third-order valence-electron chi connectivity index (χ3n) is 9.33. The molecule has 0 saturated heterocycles. The average molecular weight is 529 g/mol. The van der Waals surface area contributed by atoms with Crippen LogP contribution in [-0.4, -0.2) is 16.5 Å². The van der Waals surface area contributed by atoms with Crippen molar-refractivity contribution in [2.24, 2.45) is 0 Å². The molecule has 2 nitrogen and oxygen atoms in total. The number of rotatable bonds is 10. The number of aryl methyl sites for hydroxylation is 3. The van der Waals surface area contributed by atoms with Crippen molar-refractivity contribution in [3.8, 4) is 11.1 Å². The predicted molar refractivity (Wildman–Crippen MR) is 160 cm³/mol. The van der Waals surface area contributed by atoms with Crippen LogP contribution in [0.5, 0.6) is 0 Å². The summed E-state index contributed by atoms with van der Waals surface area (Å²) in [6.07, 6.45) is 9.25. The van der Waals surface area contributed by atoms with Gasteiger partial charge in [-0.05, 0) is 110 Å². The predicted octanol–water partition coefficient (Wildman–Crippen LogP) is 8.97. The zero-order valence-corrected chi connectivity index (χ0v) is 24.5. The summed E-state index contributed by atoms with van der Waals surface area (Å²) in [7, 11) is 0. The van der Waals surface area contributed by atoms with Gasteiger partial charge in [0.15, 0.2) is 0 Å². The van der Waals surface area contributed by atoms with Crippen LogP contribution in [0.1, 0.15) is 106 Å². The van der Waals surface area contributed by atoms with Gasteiger partial charge >= 0.3 is 0 Å². The molecule has 4 rings (SSSR count). The molecule has 39 heavy (non-hydrogen) atoms. The van der Waals surface area contributed by atoms with E-state index >= 15 is 0 Å². The minimum absolute atomic E-state index is 0.0394. The van der Waals surface area contributed by atoms with Gasteiger partial charge in [-0.2, -0.15) is 0 Å². The standard InChI is InChI=1S/C36H45FO2/c1-6-36(7-2,31-14-13-28(25(3)21-31)17-20-35(39)18-9-8-10-19-35)32-15-16-33(26(4)22-32)29-11-12-30(23-27(5)38)34(37)24-29/h11-16,21-22,24,39H,6-10,17-20,23H2,1-5H3. The fourth-order valence-corrected chi connectivity index (χ4v) is 6.75. The lowest BCUT2D eigenvalue weighted by atomic mass is 9.69. The molecule has 3 aromatic carbocycles. The zero-order chi connectivity index (χ0) is 28.2. The number of hydrogen-bond acceptors (Lipinski definition) is 2. The van der Waals surface area contributed by atoms with Crippen LogP contribution in [0.4, 0.5) is 4.39 Å². The second-order valence-corrected chi connectivity index (χ2v) is 11.9. The maximum atomic E-state index is 14.7. The second kappa shape index (κ2) is 12.2. The van der Waals surface area contributed by atoms with E-state index in [1.165, 1.54) is 35.6 Å². The Balaban J connectivity index is 1.60. The summed E-state index contributed by atoms with van der Waals surface area (Å²) >= 11 is 0. The van der Waals surface area contributed by atoms with Crippen molar-refractivity contribution in [1.82, 2.24) is 0 Å². The summed E-state index contributed by atoms with van der Waals surface area (Å²) in [5.74, 6) is -0.365. The topological polar surface area (TPSA) is 37.3 Å². The van der Waals surface area contributed by atoms with E-state index in [-0.39, 0.29) is 23.4 Å². The third-order valence-corrected chi connectivity index (χ3v) is 9.33. The molecule has 0 atom stereocenters. The zero-order valence-electron chi connectivity index (χ0n) is 24.5. The Hall–Kier alpha value is -2.78. The fraction of sp³-hybridized carbons (Fsp3) is 0.472. The molecule has 0 radical (unpaired) electrons.